The van der Waals surface area contributed by atoms with Gasteiger partial charge < -0.3 is 9.47 Å². The Morgan fingerprint density at radius 3 is 1.46 bits per heavy atom. The molecule has 0 atom stereocenters. The summed E-state index contributed by atoms with van der Waals surface area (Å²) in [6.45, 7) is 17.4. The predicted molar refractivity (Wildman–Crippen MR) is 99.3 cm³/mol. The molecule has 1 aromatic rings. The Bertz CT molecular complexity index is 557. The molecule has 0 heterocycles. The molecule has 0 bridgehead atoms. The lowest BCUT2D eigenvalue weighted by Gasteiger charge is -1.96. The predicted octanol–water partition coefficient (Wildman–Crippen LogP) is 4.36. The number of allylic oxidation sites excluding steroid dienone is 2. The Balaban J connectivity index is 0. The minimum Gasteiger partial charge on any atom is -0.466 e. The fourth-order valence-corrected chi connectivity index (χ4v) is 1.12. The molecule has 1 rings (SSSR count). The van der Waals surface area contributed by atoms with Crippen molar-refractivity contribution in [3.05, 3.63) is 79.4 Å². The summed E-state index contributed by atoms with van der Waals surface area (Å²) in [6.07, 6.45) is 1.76. The summed E-state index contributed by atoms with van der Waals surface area (Å²) in [7, 11) is 2.66. The van der Waals surface area contributed by atoms with E-state index in [2.05, 4.69) is 35.8 Å². The van der Waals surface area contributed by atoms with Crippen molar-refractivity contribution in [2.24, 2.45) is 0 Å². The van der Waals surface area contributed by atoms with E-state index in [9.17, 15) is 9.59 Å². The molecular weight excluding hydrogens is 304 g/mol. The van der Waals surface area contributed by atoms with Gasteiger partial charge in [0.05, 0.1) is 14.2 Å². The van der Waals surface area contributed by atoms with Gasteiger partial charge in [0.25, 0.3) is 0 Å². The molecule has 130 valence electrons. The lowest BCUT2D eigenvalue weighted by atomic mass is 10.1. The lowest BCUT2D eigenvalue weighted by Crippen LogP contribution is -1.98. The molecule has 24 heavy (non-hydrogen) atoms. The van der Waals surface area contributed by atoms with Crippen LogP contribution in [0.5, 0.6) is 0 Å². The van der Waals surface area contributed by atoms with Gasteiger partial charge in [0.1, 0.15) is 0 Å². The molecule has 0 saturated carbocycles. The Hall–Kier alpha value is -2.88. The second-order valence-corrected chi connectivity index (χ2v) is 4.64. The maximum atomic E-state index is 10.2. The third-order valence-electron chi connectivity index (χ3n) is 2.46. The largest absolute Gasteiger partial charge is 0.466 e. The van der Waals surface area contributed by atoms with Gasteiger partial charge in [-0.1, -0.05) is 62.7 Å². The summed E-state index contributed by atoms with van der Waals surface area (Å²) in [5.41, 5.74) is 2.98. The molecule has 0 spiro atoms. The zero-order valence-corrected chi connectivity index (χ0v) is 14.9. The second-order valence-electron chi connectivity index (χ2n) is 4.64. The third-order valence-corrected chi connectivity index (χ3v) is 2.46. The third kappa shape index (κ3) is 11.7. The first kappa shape index (κ1) is 23.4. The number of rotatable bonds is 4. The van der Waals surface area contributed by atoms with Crippen LogP contribution in [-0.2, 0) is 19.1 Å². The maximum absolute atomic E-state index is 10.2. The number of hydrogen-bond donors (Lipinski definition) is 0. The molecule has 4 nitrogen and oxygen atoms in total. The maximum Gasteiger partial charge on any atom is 0.332 e. The van der Waals surface area contributed by atoms with Crippen LogP contribution in [-0.4, -0.2) is 26.2 Å². The molecule has 0 amide bonds. The van der Waals surface area contributed by atoms with Crippen LogP contribution in [0.25, 0.3) is 5.57 Å². The Kier molecular flexibility index (Phi) is 13.4. The molecule has 0 radical (unpaired) electrons. The number of carbonyl (C=O) groups is 2. The zero-order chi connectivity index (χ0) is 19.1. The van der Waals surface area contributed by atoms with Gasteiger partial charge in [0.2, 0.25) is 0 Å². The summed E-state index contributed by atoms with van der Waals surface area (Å²) >= 11 is 0. The van der Waals surface area contributed by atoms with Crippen molar-refractivity contribution in [1.82, 2.24) is 0 Å². The smallest absolute Gasteiger partial charge is 0.332 e. The van der Waals surface area contributed by atoms with Crippen LogP contribution in [0.2, 0.25) is 0 Å². The topological polar surface area (TPSA) is 52.6 Å². The highest BCUT2D eigenvalue weighted by Crippen LogP contribution is 2.10. The Morgan fingerprint density at radius 1 is 0.875 bits per heavy atom. The van der Waals surface area contributed by atoms with E-state index < -0.39 is 0 Å². The minimum absolute atomic E-state index is 0.347. The number of carbonyl (C=O) groups excluding carboxylic acids is 2. The van der Waals surface area contributed by atoms with Crippen molar-refractivity contribution in [3.63, 3.8) is 0 Å². The van der Waals surface area contributed by atoms with Crippen molar-refractivity contribution < 1.29 is 19.1 Å². The molecule has 0 aliphatic carbocycles. The van der Waals surface area contributed by atoms with Gasteiger partial charge in [-0.15, -0.1) is 0 Å². The molecule has 1 aromatic carbocycles. The van der Waals surface area contributed by atoms with E-state index in [1.807, 2.05) is 30.3 Å². The highest BCUT2D eigenvalue weighted by Gasteiger charge is 1.96. The van der Waals surface area contributed by atoms with Crippen molar-refractivity contribution in [3.8, 4) is 0 Å². The monoisotopic (exact) mass is 330 g/mol. The number of ether oxygens (including phenoxy) is 2. The van der Waals surface area contributed by atoms with E-state index in [0.29, 0.717) is 11.1 Å². The average molecular weight is 330 g/mol. The van der Waals surface area contributed by atoms with Crippen LogP contribution in [0.1, 0.15) is 19.4 Å². The number of esters is 2. The standard InChI is InChI=1S/C10H10.2C5H8O2/c1-3-9(2)10-7-5-4-6-8-10;2*1-4(2)5(6)7-3/h3-8H,1-2H2;2*1H2,2-3H3. The van der Waals surface area contributed by atoms with Gasteiger partial charge in [-0.05, 0) is 25.0 Å². The van der Waals surface area contributed by atoms with E-state index in [1.165, 1.54) is 14.2 Å². The van der Waals surface area contributed by atoms with Crippen molar-refractivity contribution in [1.29, 1.82) is 0 Å². The van der Waals surface area contributed by atoms with Crippen LogP contribution in [0, 0.1) is 0 Å². The van der Waals surface area contributed by atoms with Gasteiger partial charge in [0, 0.05) is 11.1 Å². The second kappa shape index (κ2) is 13.8. The molecular formula is C20H26O4. The fourth-order valence-electron chi connectivity index (χ4n) is 1.12. The number of benzene rings is 1. The number of hydrogen-bond acceptors (Lipinski definition) is 4. The summed E-state index contributed by atoms with van der Waals surface area (Å²) in [5.74, 6) is -0.694. The van der Waals surface area contributed by atoms with Crippen molar-refractivity contribution >= 4 is 17.5 Å². The lowest BCUT2D eigenvalue weighted by molar-refractivity contribution is -0.136. The first-order valence-electron chi connectivity index (χ1n) is 7.05. The van der Waals surface area contributed by atoms with Gasteiger partial charge >= 0.3 is 11.9 Å². The van der Waals surface area contributed by atoms with E-state index in [-0.39, 0.29) is 11.9 Å². The molecule has 0 aliphatic heterocycles. The minimum atomic E-state index is -0.347. The zero-order valence-electron chi connectivity index (χ0n) is 14.9. The van der Waals surface area contributed by atoms with E-state index in [0.717, 1.165) is 11.1 Å². The summed E-state index contributed by atoms with van der Waals surface area (Å²) < 4.78 is 8.55. The van der Waals surface area contributed by atoms with Crippen molar-refractivity contribution in [2.75, 3.05) is 14.2 Å². The van der Waals surface area contributed by atoms with Crippen LogP contribution >= 0.6 is 0 Å². The quantitative estimate of drug-likeness (QED) is 0.468. The van der Waals surface area contributed by atoms with Gasteiger partial charge in [-0.25, -0.2) is 9.59 Å². The van der Waals surface area contributed by atoms with Crippen LogP contribution in [0.4, 0.5) is 0 Å². The molecule has 4 heteroatoms. The molecule has 0 saturated heterocycles. The number of methoxy groups -OCH3 is 2. The van der Waals surface area contributed by atoms with Crippen LogP contribution in [0.15, 0.2) is 73.9 Å². The molecule has 0 aromatic heterocycles. The fraction of sp³-hybridized carbons (Fsp3) is 0.200. The SMILES string of the molecule is C=C(C)C(=O)OC.C=C(C)C(=O)OC.C=CC(=C)c1ccccc1. The highest BCUT2D eigenvalue weighted by molar-refractivity contribution is 5.87. The van der Waals surface area contributed by atoms with Crippen LogP contribution in [0.3, 0.4) is 0 Å². The van der Waals surface area contributed by atoms with Gasteiger partial charge in [-0.2, -0.15) is 0 Å². The Morgan fingerprint density at radius 2 is 1.25 bits per heavy atom. The molecule has 0 N–H and O–H groups in total. The summed E-state index contributed by atoms with van der Waals surface area (Å²) in [5, 5.41) is 0. The normalized spacial score (nSPS) is 8.17. The first-order valence-corrected chi connectivity index (χ1v) is 7.05. The van der Waals surface area contributed by atoms with E-state index in [1.54, 1.807) is 19.9 Å². The first-order chi connectivity index (χ1) is 11.2. The van der Waals surface area contributed by atoms with Crippen molar-refractivity contribution in [2.45, 2.75) is 13.8 Å². The van der Waals surface area contributed by atoms with E-state index >= 15 is 0 Å². The summed E-state index contributed by atoms with van der Waals surface area (Å²) in [4.78, 5) is 20.4. The summed E-state index contributed by atoms with van der Waals surface area (Å²) in [6, 6.07) is 10.0. The Labute approximate surface area is 144 Å². The molecule has 0 aliphatic rings. The van der Waals surface area contributed by atoms with Gasteiger partial charge in [-0.3, -0.25) is 0 Å². The van der Waals surface area contributed by atoms with Gasteiger partial charge in [0.15, 0.2) is 0 Å². The van der Waals surface area contributed by atoms with E-state index in [4.69, 9.17) is 0 Å². The van der Waals surface area contributed by atoms with Crippen LogP contribution < -0.4 is 0 Å². The average Bonchev–Trinajstić information content (AvgIpc) is 2.61. The molecule has 0 fully saturated rings. The highest BCUT2D eigenvalue weighted by atomic mass is 16.5. The molecule has 0 unspecified atom stereocenters.